The number of halogens is 1. The van der Waals surface area contributed by atoms with E-state index in [9.17, 15) is 4.79 Å². The molecule has 0 spiro atoms. The van der Waals surface area contributed by atoms with Crippen LogP contribution in [-0.2, 0) is 6.42 Å². The van der Waals surface area contributed by atoms with Crippen molar-refractivity contribution in [2.45, 2.75) is 13.3 Å². The summed E-state index contributed by atoms with van der Waals surface area (Å²) in [6, 6.07) is 15.1. The molecule has 4 aromatic rings. The molecule has 2 aromatic heterocycles. The Bertz CT molecular complexity index is 1130. The highest BCUT2D eigenvalue weighted by Crippen LogP contribution is 2.28. The molecule has 26 heavy (non-hydrogen) atoms. The van der Waals surface area contributed by atoms with Crippen molar-refractivity contribution in [1.82, 2.24) is 4.98 Å². The van der Waals surface area contributed by atoms with Crippen LogP contribution in [0.4, 0.5) is 10.8 Å². The SMILES string of the molecule is CCc1ccc(Nc2nc(-c3cc4cc(Cl)ccc4oc3=O)cs2)cc1. The van der Waals surface area contributed by atoms with E-state index in [1.165, 1.54) is 16.9 Å². The van der Waals surface area contributed by atoms with E-state index >= 15 is 0 Å². The predicted octanol–water partition coefficient (Wildman–Crippen LogP) is 5.88. The average Bonchev–Trinajstić information content (AvgIpc) is 3.10. The first kappa shape index (κ1) is 16.8. The second kappa shape index (κ2) is 6.94. The quantitative estimate of drug-likeness (QED) is 0.448. The number of nitrogens with one attached hydrogen (secondary N) is 1. The van der Waals surface area contributed by atoms with Crippen molar-refractivity contribution in [3.8, 4) is 11.3 Å². The Balaban J connectivity index is 1.65. The molecule has 0 bridgehead atoms. The first-order chi connectivity index (χ1) is 12.6. The lowest BCUT2D eigenvalue weighted by Crippen LogP contribution is -2.03. The van der Waals surface area contributed by atoms with Crippen molar-refractivity contribution >= 4 is 44.7 Å². The van der Waals surface area contributed by atoms with Crippen LogP contribution in [0, 0.1) is 0 Å². The van der Waals surface area contributed by atoms with Crippen LogP contribution in [0.5, 0.6) is 0 Å². The molecule has 0 fully saturated rings. The van der Waals surface area contributed by atoms with Crippen molar-refractivity contribution in [2.75, 3.05) is 5.32 Å². The maximum Gasteiger partial charge on any atom is 0.345 e. The summed E-state index contributed by atoms with van der Waals surface area (Å²) in [7, 11) is 0. The number of nitrogens with zero attached hydrogens (tertiary/aromatic N) is 1. The molecule has 1 N–H and O–H groups in total. The normalized spacial score (nSPS) is 11.0. The van der Waals surface area contributed by atoms with Crippen LogP contribution in [0.3, 0.4) is 0 Å². The van der Waals surface area contributed by atoms with Gasteiger partial charge in [-0.05, 0) is 48.4 Å². The molecule has 4 nitrogen and oxygen atoms in total. The van der Waals surface area contributed by atoms with Gasteiger partial charge in [0.15, 0.2) is 5.13 Å². The summed E-state index contributed by atoms with van der Waals surface area (Å²) in [5, 5.41) is 7.18. The first-order valence-corrected chi connectivity index (χ1v) is 9.43. The predicted molar refractivity (Wildman–Crippen MR) is 108 cm³/mol. The fourth-order valence-electron chi connectivity index (χ4n) is 2.67. The Labute approximate surface area is 159 Å². The average molecular weight is 383 g/mol. The van der Waals surface area contributed by atoms with Crippen LogP contribution >= 0.6 is 22.9 Å². The van der Waals surface area contributed by atoms with Gasteiger partial charge in [0.2, 0.25) is 0 Å². The third kappa shape index (κ3) is 3.36. The van der Waals surface area contributed by atoms with Crippen LogP contribution in [0.15, 0.2) is 63.1 Å². The lowest BCUT2D eigenvalue weighted by atomic mass is 10.1. The highest BCUT2D eigenvalue weighted by atomic mass is 35.5. The number of thiazole rings is 1. The van der Waals surface area contributed by atoms with Crippen LogP contribution in [-0.4, -0.2) is 4.98 Å². The minimum Gasteiger partial charge on any atom is -0.422 e. The molecule has 0 radical (unpaired) electrons. The zero-order valence-corrected chi connectivity index (χ0v) is 15.5. The molecule has 0 saturated carbocycles. The number of aryl methyl sites for hydroxylation is 1. The Hall–Kier alpha value is -2.63. The second-order valence-corrected chi connectivity index (χ2v) is 7.14. The molecular formula is C20H15ClN2O2S. The van der Waals surface area contributed by atoms with Gasteiger partial charge >= 0.3 is 5.63 Å². The molecule has 130 valence electrons. The van der Waals surface area contributed by atoms with E-state index in [0.29, 0.717) is 21.9 Å². The van der Waals surface area contributed by atoms with Gasteiger partial charge in [0.05, 0.1) is 11.3 Å². The monoisotopic (exact) mass is 382 g/mol. The number of rotatable bonds is 4. The number of hydrogen-bond acceptors (Lipinski definition) is 5. The fraction of sp³-hybridized carbons (Fsp3) is 0.100. The summed E-state index contributed by atoms with van der Waals surface area (Å²) in [5.74, 6) is 0. The van der Waals surface area contributed by atoms with Gasteiger partial charge in [-0.25, -0.2) is 9.78 Å². The maximum absolute atomic E-state index is 12.3. The summed E-state index contributed by atoms with van der Waals surface area (Å²) in [6.45, 7) is 2.12. The summed E-state index contributed by atoms with van der Waals surface area (Å²) in [5.41, 5.74) is 3.34. The summed E-state index contributed by atoms with van der Waals surface area (Å²) >= 11 is 7.47. The van der Waals surface area contributed by atoms with Gasteiger partial charge in [0, 0.05) is 21.5 Å². The Morgan fingerprint density at radius 1 is 1.15 bits per heavy atom. The minimum atomic E-state index is -0.413. The second-order valence-electron chi connectivity index (χ2n) is 5.84. The summed E-state index contributed by atoms with van der Waals surface area (Å²) in [6.07, 6.45) is 1.00. The zero-order chi connectivity index (χ0) is 18.1. The molecule has 6 heteroatoms. The highest BCUT2D eigenvalue weighted by Gasteiger charge is 2.12. The largest absolute Gasteiger partial charge is 0.422 e. The molecule has 0 unspecified atom stereocenters. The van der Waals surface area contributed by atoms with E-state index in [4.69, 9.17) is 16.0 Å². The lowest BCUT2D eigenvalue weighted by molar-refractivity contribution is 0.563. The molecule has 2 aromatic carbocycles. The smallest absolute Gasteiger partial charge is 0.345 e. The number of hydrogen-bond donors (Lipinski definition) is 1. The molecular weight excluding hydrogens is 368 g/mol. The first-order valence-electron chi connectivity index (χ1n) is 8.17. The zero-order valence-electron chi connectivity index (χ0n) is 14.0. The van der Waals surface area contributed by atoms with Gasteiger partial charge in [0.25, 0.3) is 0 Å². The van der Waals surface area contributed by atoms with Gasteiger partial charge in [-0.2, -0.15) is 0 Å². The summed E-state index contributed by atoms with van der Waals surface area (Å²) in [4.78, 5) is 16.8. The Morgan fingerprint density at radius 3 is 2.73 bits per heavy atom. The van der Waals surface area contributed by atoms with Crippen molar-refractivity contribution in [2.24, 2.45) is 0 Å². The van der Waals surface area contributed by atoms with Crippen molar-refractivity contribution in [3.05, 3.63) is 74.9 Å². The lowest BCUT2D eigenvalue weighted by Gasteiger charge is -2.03. The third-order valence-corrected chi connectivity index (χ3v) is 5.08. The molecule has 0 saturated heterocycles. The number of anilines is 2. The van der Waals surface area contributed by atoms with Gasteiger partial charge in [-0.3, -0.25) is 0 Å². The van der Waals surface area contributed by atoms with Crippen LogP contribution in [0.2, 0.25) is 5.02 Å². The van der Waals surface area contributed by atoms with E-state index in [0.717, 1.165) is 22.6 Å². The van der Waals surface area contributed by atoms with Crippen LogP contribution in [0.1, 0.15) is 12.5 Å². The van der Waals surface area contributed by atoms with E-state index in [1.54, 1.807) is 24.3 Å². The van der Waals surface area contributed by atoms with Crippen molar-refractivity contribution in [3.63, 3.8) is 0 Å². The topological polar surface area (TPSA) is 55.1 Å². The molecule has 0 atom stereocenters. The molecule has 0 aliphatic heterocycles. The number of benzene rings is 2. The molecule has 0 aliphatic rings. The molecule has 4 rings (SSSR count). The van der Waals surface area contributed by atoms with Gasteiger partial charge in [0.1, 0.15) is 5.58 Å². The number of aromatic nitrogens is 1. The van der Waals surface area contributed by atoms with Crippen LogP contribution in [0.25, 0.3) is 22.2 Å². The summed E-state index contributed by atoms with van der Waals surface area (Å²) < 4.78 is 5.39. The van der Waals surface area contributed by atoms with Gasteiger partial charge in [-0.15, -0.1) is 11.3 Å². The van der Waals surface area contributed by atoms with E-state index in [1.807, 2.05) is 17.5 Å². The Kier molecular flexibility index (Phi) is 4.49. The fourth-order valence-corrected chi connectivity index (χ4v) is 3.59. The molecule has 2 heterocycles. The molecule has 0 amide bonds. The van der Waals surface area contributed by atoms with E-state index in [2.05, 4.69) is 29.4 Å². The number of fused-ring (bicyclic) bond motifs is 1. The highest BCUT2D eigenvalue weighted by molar-refractivity contribution is 7.14. The van der Waals surface area contributed by atoms with Crippen LogP contribution < -0.4 is 10.9 Å². The van der Waals surface area contributed by atoms with Crippen molar-refractivity contribution in [1.29, 1.82) is 0 Å². The van der Waals surface area contributed by atoms with Gasteiger partial charge < -0.3 is 9.73 Å². The standard InChI is InChI=1S/C20H15ClN2O2S/c1-2-12-3-6-15(7-4-12)22-20-23-17(11-26-20)16-10-13-9-14(21)5-8-18(13)25-19(16)24/h3-11H,2H2,1H3,(H,22,23). The minimum absolute atomic E-state index is 0.413. The van der Waals surface area contributed by atoms with E-state index < -0.39 is 5.63 Å². The van der Waals surface area contributed by atoms with Gasteiger partial charge in [-0.1, -0.05) is 30.7 Å². The maximum atomic E-state index is 12.3. The molecule has 0 aliphatic carbocycles. The Morgan fingerprint density at radius 2 is 1.96 bits per heavy atom. The third-order valence-electron chi connectivity index (χ3n) is 4.09. The van der Waals surface area contributed by atoms with Crippen molar-refractivity contribution < 1.29 is 4.42 Å². The van der Waals surface area contributed by atoms with E-state index in [-0.39, 0.29) is 0 Å².